The van der Waals surface area contributed by atoms with Crippen molar-refractivity contribution in [1.29, 1.82) is 0 Å². The molecule has 0 aliphatic carbocycles. The molecule has 3 aromatic rings. The van der Waals surface area contributed by atoms with Crippen molar-refractivity contribution in [3.05, 3.63) is 52.5 Å². The van der Waals surface area contributed by atoms with E-state index in [0.29, 0.717) is 11.8 Å². The van der Waals surface area contributed by atoms with Crippen molar-refractivity contribution in [1.82, 2.24) is 10.2 Å². The third kappa shape index (κ3) is 2.97. The molecule has 0 unspecified atom stereocenters. The van der Waals surface area contributed by atoms with Crippen LogP contribution in [-0.2, 0) is 0 Å². The molecule has 0 amide bonds. The van der Waals surface area contributed by atoms with Crippen LogP contribution in [0.15, 0.2) is 45.5 Å². The predicted octanol–water partition coefficient (Wildman–Crippen LogP) is 4.64. The summed E-state index contributed by atoms with van der Waals surface area (Å²) in [4.78, 5) is 0. The van der Waals surface area contributed by atoms with Gasteiger partial charge in [-0.05, 0) is 36.4 Å². The molecule has 108 valence electrons. The highest BCUT2D eigenvalue weighted by Gasteiger charge is 2.20. The normalized spacial score (nSPS) is 12.3. The first-order valence-corrected chi connectivity index (χ1v) is 7.80. The quantitative estimate of drug-likeness (QED) is 0.689. The largest absolute Gasteiger partial charge is 0.480 e. The topological polar surface area (TPSA) is 48.2 Å². The van der Waals surface area contributed by atoms with E-state index in [4.69, 9.17) is 9.15 Å². The summed E-state index contributed by atoms with van der Waals surface area (Å²) in [5.74, 6) is 1.90. The number of nitrogens with zero attached hydrogens (tertiary/aromatic N) is 2. The van der Waals surface area contributed by atoms with Crippen LogP contribution in [0.1, 0.15) is 30.9 Å². The molecule has 0 saturated heterocycles. The summed E-state index contributed by atoms with van der Waals surface area (Å²) in [6, 6.07) is 9.89. The van der Waals surface area contributed by atoms with Crippen molar-refractivity contribution in [2.75, 3.05) is 0 Å². The minimum absolute atomic E-state index is 0.231. The number of benzene rings is 1. The highest BCUT2D eigenvalue weighted by Crippen LogP contribution is 2.28. The van der Waals surface area contributed by atoms with E-state index in [1.165, 1.54) is 0 Å². The molecule has 3 rings (SSSR count). The third-order valence-corrected chi connectivity index (χ3v) is 3.90. The van der Waals surface area contributed by atoms with Crippen molar-refractivity contribution >= 4 is 11.3 Å². The van der Waals surface area contributed by atoms with Gasteiger partial charge >= 0.3 is 0 Å². The molecule has 0 fully saturated rings. The van der Waals surface area contributed by atoms with E-state index in [1.54, 1.807) is 11.3 Å². The van der Waals surface area contributed by atoms with E-state index in [0.717, 1.165) is 23.3 Å². The summed E-state index contributed by atoms with van der Waals surface area (Å²) in [6.07, 6.45) is 0.533. The highest BCUT2D eigenvalue weighted by atomic mass is 32.1. The standard InChI is InChI=1S/C16H16N2O2S/c1-3-13(19-14-7-5-4-6-11(14)2)16-18-17-15(20-16)12-8-9-21-10-12/h4-10,13H,3H2,1-2H3/t13-/m0/s1. The van der Waals surface area contributed by atoms with Gasteiger partial charge in [-0.25, -0.2) is 0 Å². The van der Waals surface area contributed by atoms with Gasteiger partial charge in [0.2, 0.25) is 5.89 Å². The molecule has 5 heteroatoms. The maximum atomic E-state index is 6.02. The Bertz CT molecular complexity index is 707. The lowest BCUT2D eigenvalue weighted by molar-refractivity contribution is 0.165. The molecule has 0 saturated carbocycles. The van der Waals surface area contributed by atoms with E-state index >= 15 is 0 Å². The molecule has 1 aromatic carbocycles. The number of rotatable bonds is 5. The lowest BCUT2D eigenvalue weighted by Crippen LogP contribution is -2.07. The summed E-state index contributed by atoms with van der Waals surface area (Å²) >= 11 is 1.60. The zero-order chi connectivity index (χ0) is 14.7. The van der Waals surface area contributed by atoms with Crippen molar-refractivity contribution < 1.29 is 9.15 Å². The molecule has 0 spiro atoms. The molecular weight excluding hydrogens is 284 g/mol. The monoisotopic (exact) mass is 300 g/mol. The van der Waals surface area contributed by atoms with Crippen LogP contribution in [0.25, 0.3) is 11.5 Å². The van der Waals surface area contributed by atoms with Crippen LogP contribution in [0.3, 0.4) is 0 Å². The van der Waals surface area contributed by atoms with Crippen LogP contribution < -0.4 is 4.74 Å². The number of hydrogen-bond donors (Lipinski definition) is 0. The first kappa shape index (κ1) is 13.8. The van der Waals surface area contributed by atoms with E-state index in [1.807, 2.05) is 54.9 Å². The van der Waals surface area contributed by atoms with Gasteiger partial charge in [-0.2, -0.15) is 11.3 Å². The minimum Gasteiger partial charge on any atom is -0.480 e. The number of para-hydroxylation sites is 1. The molecule has 0 bridgehead atoms. The fourth-order valence-corrected chi connectivity index (χ4v) is 2.65. The maximum Gasteiger partial charge on any atom is 0.257 e. The smallest absolute Gasteiger partial charge is 0.257 e. The SMILES string of the molecule is CC[C@H](Oc1ccccc1C)c1nnc(-c2ccsc2)o1. The van der Waals surface area contributed by atoms with Gasteiger partial charge in [0, 0.05) is 10.9 Å². The van der Waals surface area contributed by atoms with Gasteiger partial charge in [-0.15, -0.1) is 10.2 Å². The third-order valence-electron chi connectivity index (χ3n) is 3.22. The number of ether oxygens (including phenoxy) is 1. The first-order chi connectivity index (χ1) is 10.3. The Balaban J connectivity index is 1.82. The van der Waals surface area contributed by atoms with Crippen LogP contribution in [0.5, 0.6) is 5.75 Å². The van der Waals surface area contributed by atoms with Crippen LogP contribution in [0, 0.1) is 6.92 Å². The number of aromatic nitrogens is 2. The molecule has 2 aromatic heterocycles. The van der Waals surface area contributed by atoms with E-state index < -0.39 is 0 Å². The molecular formula is C16H16N2O2S. The van der Waals surface area contributed by atoms with E-state index in [-0.39, 0.29) is 6.10 Å². The fraction of sp³-hybridized carbons (Fsp3) is 0.250. The first-order valence-electron chi connectivity index (χ1n) is 6.86. The van der Waals surface area contributed by atoms with Crippen molar-refractivity contribution in [3.63, 3.8) is 0 Å². The second-order valence-corrected chi connectivity index (χ2v) is 5.52. The molecule has 21 heavy (non-hydrogen) atoms. The average molecular weight is 300 g/mol. The summed E-state index contributed by atoms with van der Waals surface area (Å²) < 4.78 is 11.8. The molecule has 0 aliphatic rings. The molecule has 1 atom stereocenters. The Morgan fingerprint density at radius 1 is 1.24 bits per heavy atom. The van der Waals surface area contributed by atoms with Crippen LogP contribution >= 0.6 is 11.3 Å². The zero-order valence-corrected chi connectivity index (χ0v) is 12.8. The van der Waals surface area contributed by atoms with Gasteiger partial charge in [0.25, 0.3) is 5.89 Å². The Morgan fingerprint density at radius 2 is 2.10 bits per heavy atom. The Hall–Kier alpha value is -2.14. The number of hydrogen-bond acceptors (Lipinski definition) is 5. The van der Waals surface area contributed by atoms with Gasteiger partial charge in [0.15, 0.2) is 6.10 Å². The minimum atomic E-state index is -0.231. The van der Waals surface area contributed by atoms with Crippen LogP contribution in [-0.4, -0.2) is 10.2 Å². The van der Waals surface area contributed by atoms with Crippen molar-refractivity contribution in [3.8, 4) is 17.2 Å². The van der Waals surface area contributed by atoms with Crippen molar-refractivity contribution in [2.45, 2.75) is 26.4 Å². The summed E-state index contributed by atoms with van der Waals surface area (Å²) in [7, 11) is 0. The Kier molecular flexibility index (Phi) is 4.01. The average Bonchev–Trinajstić information content (AvgIpc) is 3.17. The molecule has 0 N–H and O–H groups in total. The Morgan fingerprint density at radius 3 is 2.81 bits per heavy atom. The van der Waals surface area contributed by atoms with Crippen molar-refractivity contribution in [2.24, 2.45) is 0 Å². The summed E-state index contributed by atoms with van der Waals surface area (Å²) in [6.45, 7) is 4.06. The maximum absolute atomic E-state index is 6.02. The zero-order valence-electron chi connectivity index (χ0n) is 11.9. The number of thiophene rings is 1. The molecule has 0 radical (unpaired) electrons. The molecule has 0 aliphatic heterocycles. The lowest BCUT2D eigenvalue weighted by Gasteiger charge is -2.15. The molecule has 4 nitrogen and oxygen atoms in total. The lowest BCUT2D eigenvalue weighted by atomic mass is 10.2. The van der Waals surface area contributed by atoms with E-state index in [9.17, 15) is 0 Å². The second kappa shape index (κ2) is 6.10. The van der Waals surface area contributed by atoms with E-state index in [2.05, 4.69) is 10.2 Å². The van der Waals surface area contributed by atoms with Crippen LogP contribution in [0.4, 0.5) is 0 Å². The fourth-order valence-electron chi connectivity index (χ4n) is 2.02. The predicted molar refractivity (Wildman–Crippen MR) is 82.5 cm³/mol. The van der Waals surface area contributed by atoms with Gasteiger partial charge in [0.1, 0.15) is 5.75 Å². The molecule has 2 heterocycles. The number of aryl methyl sites for hydroxylation is 1. The second-order valence-electron chi connectivity index (χ2n) is 4.74. The summed E-state index contributed by atoms with van der Waals surface area (Å²) in [5.41, 5.74) is 2.04. The Labute approximate surface area is 127 Å². The highest BCUT2D eigenvalue weighted by molar-refractivity contribution is 7.08. The van der Waals surface area contributed by atoms with Gasteiger partial charge < -0.3 is 9.15 Å². The van der Waals surface area contributed by atoms with Gasteiger partial charge in [-0.1, -0.05) is 25.1 Å². The van der Waals surface area contributed by atoms with Gasteiger partial charge in [-0.3, -0.25) is 0 Å². The van der Waals surface area contributed by atoms with Gasteiger partial charge in [0.05, 0.1) is 0 Å². The summed E-state index contributed by atoms with van der Waals surface area (Å²) in [5, 5.41) is 12.2. The van der Waals surface area contributed by atoms with Crippen LogP contribution in [0.2, 0.25) is 0 Å².